The molecule has 2 aromatic carbocycles. The molecule has 0 bridgehead atoms. The number of nitrogens with one attached hydrogen (secondary N) is 2. The number of nitrogens with zero attached hydrogens (tertiary/aromatic N) is 1. The topological polar surface area (TPSA) is 83.8 Å². The molecule has 2 heterocycles. The molecular weight excluding hydrogens is 451 g/mol. The van der Waals surface area contributed by atoms with Crippen molar-refractivity contribution in [3.63, 3.8) is 0 Å². The van der Waals surface area contributed by atoms with Gasteiger partial charge in [0.2, 0.25) is 5.91 Å². The molecule has 0 aliphatic carbocycles. The van der Waals surface area contributed by atoms with Gasteiger partial charge in [0.05, 0.1) is 31.0 Å². The lowest BCUT2D eigenvalue weighted by Crippen LogP contribution is -2.39. The number of rotatable bonds is 6. The fraction of sp³-hybridized carbons (Fsp3) is 0.250. The molecular formula is C24H22F3N3O4. The second-order valence-corrected chi connectivity index (χ2v) is 7.72. The van der Waals surface area contributed by atoms with Gasteiger partial charge in [-0.15, -0.1) is 0 Å². The lowest BCUT2D eigenvalue weighted by Gasteiger charge is -2.30. The van der Waals surface area contributed by atoms with Crippen LogP contribution < -0.4 is 20.3 Å². The number of carbonyl (C=O) groups is 2. The normalized spacial score (nSPS) is 13.2. The van der Waals surface area contributed by atoms with E-state index in [0.29, 0.717) is 12.3 Å². The summed E-state index contributed by atoms with van der Waals surface area (Å²) in [6.45, 7) is 0.153. The predicted octanol–water partition coefficient (Wildman–Crippen LogP) is 4.95. The summed E-state index contributed by atoms with van der Waals surface area (Å²) in [6, 6.07) is 10.1. The molecule has 3 aromatic rings. The van der Waals surface area contributed by atoms with Gasteiger partial charge in [0, 0.05) is 23.6 Å². The number of amides is 2. The SMILES string of the molecule is COc1ccc2c(c1)CCCN2C(=O)CNc1ccc(NC(=O)c2ccoc2)cc1C(F)(F)F. The van der Waals surface area contributed by atoms with E-state index in [0.717, 1.165) is 30.2 Å². The quantitative estimate of drug-likeness (QED) is 0.529. The van der Waals surface area contributed by atoms with Crippen molar-refractivity contribution in [2.45, 2.75) is 19.0 Å². The smallest absolute Gasteiger partial charge is 0.418 e. The first-order chi connectivity index (χ1) is 16.3. The molecule has 0 unspecified atom stereocenters. The van der Waals surface area contributed by atoms with E-state index in [-0.39, 0.29) is 29.4 Å². The van der Waals surface area contributed by atoms with Crippen LogP contribution in [0, 0.1) is 0 Å². The Morgan fingerprint density at radius 2 is 1.97 bits per heavy atom. The summed E-state index contributed by atoms with van der Waals surface area (Å²) in [5.74, 6) is -0.268. The summed E-state index contributed by atoms with van der Waals surface area (Å²) in [5, 5.41) is 5.02. The summed E-state index contributed by atoms with van der Waals surface area (Å²) in [6.07, 6.45) is -0.692. The van der Waals surface area contributed by atoms with Gasteiger partial charge in [-0.3, -0.25) is 9.59 Å². The van der Waals surface area contributed by atoms with Crippen molar-refractivity contribution in [3.8, 4) is 5.75 Å². The summed E-state index contributed by atoms with van der Waals surface area (Å²) < 4.78 is 51.2. The van der Waals surface area contributed by atoms with Gasteiger partial charge >= 0.3 is 6.18 Å². The first-order valence-corrected chi connectivity index (χ1v) is 10.5. The van der Waals surface area contributed by atoms with Crippen LogP contribution >= 0.6 is 0 Å². The highest BCUT2D eigenvalue weighted by Gasteiger charge is 2.34. The lowest BCUT2D eigenvalue weighted by atomic mass is 10.0. The molecule has 0 saturated heterocycles. The number of halogens is 3. The number of anilines is 3. The van der Waals surface area contributed by atoms with E-state index in [1.54, 1.807) is 24.1 Å². The van der Waals surface area contributed by atoms with Crippen LogP contribution in [0.2, 0.25) is 0 Å². The van der Waals surface area contributed by atoms with E-state index >= 15 is 0 Å². The third-order valence-corrected chi connectivity index (χ3v) is 5.50. The van der Waals surface area contributed by atoms with Crippen LogP contribution in [0.1, 0.15) is 27.9 Å². The molecule has 0 fully saturated rings. The zero-order chi connectivity index (χ0) is 24.3. The van der Waals surface area contributed by atoms with Gasteiger partial charge in [0.25, 0.3) is 5.91 Å². The molecule has 1 aromatic heterocycles. The number of hydrogen-bond donors (Lipinski definition) is 2. The number of alkyl halides is 3. The van der Waals surface area contributed by atoms with Crippen molar-refractivity contribution in [1.82, 2.24) is 0 Å². The number of benzene rings is 2. The maximum atomic E-state index is 13.7. The van der Waals surface area contributed by atoms with Crippen molar-refractivity contribution in [2.75, 3.05) is 35.7 Å². The number of methoxy groups -OCH3 is 1. The Kier molecular flexibility index (Phi) is 6.49. The number of hydrogen-bond acceptors (Lipinski definition) is 5. The fourth-order valence-electron chi connectivity index (χ4n) is 3.83. The second kappa shape index (κ2) is 9.50. The minimum Gasteiger partial charge on any atom is -0.497 e. The Balaban J connectivity index is 1.49. The van der Waals surface area contributed by atoms with E-state index in [9.17, 15) is 22.8 Å². The van der Waals surface area contributed by atoms with E-state index in [1.807, 2.05) is 6.07 Å². The van der Waals surface area contributed by atoms with Gasteiger partial charge in [-0.2, -0.15) is 13.2 Å². The molecule has 4 rings (SSSR count). The maximum Gasteiger partial charge on any atom is 0.418 e. The van der Waals surface area contributed by atoms with Crippen LogP contribution in [0.3, 0.4) is 0 Å². The Labute approximate surface area is 193 Å². The highest BCUT2D eigenvalue weighted by molar-refractivity contribution is 6.04. The Morgan fingerprint density at radius 3 is 2.68 bits per heavy atom. The summed E-state index contributed by atoms with van der Waals surface area (Å²) in [5.41, 5.74) is 0.582. The fourth-order valence-corrected chi connectivity index (χ4v) is 3.83. The van der Waals surface area contributed by atoms with E-state index in [4.69, 9.17) is 9.15 Å². The van der Waals surface area contributed by atoms with Gasteiger partial charge in [-0.05, 0) is 60.9 Å². The summed E-state index contributed by atoms with van der Waals surface area (Å²) >= 11 is 0. The van der Waals surface area contributed by atoms with Gasteiger partial charge in [0.1, 0.15) is 12.0 Å². The number of fused-ring (bicyclic) bond motifs is 1. The third kappa shape index (κ3) is 5.00. The summed E-state index contributed by atoms with van der Waals surface area (Å²) in [7, 11) is 1.56. The Hall–Kier alpha value is -3.95. The number of aryl methyl sites for hydroxylation is 1. The van der Waals surface area contributed by atoms with Crippen LogP contribution in [-0.2, 0) is 17.4 Å². The third-order valence-electron chi connectivity index (χ3n) is 5.50. The van der Waals surface area contributed by atoms with Crippen molar-refractivity contribution in [1.29, 1.82) is 0 Å². The first kappa shape index (κ1) is 23.2. The number of ether oxygens (including phenoxy) is 1. The molecule has 2 N–H and O–H groups in total. The van der Waals surface area contributed by atoms with Crippen molar-refractivity contribution in [3.05, 3.63) is 71.7 Å². The highest BCUT2D eigenvalue weighted by atomic mass is 19.4. The summed E-state index contributed by atoms with van der Waals surface area (Å²) in [4.78, 5) is 26.6. The maximum absolute atomic E-state index is 13.7. The molecule has 1 aliphatic heterocycles. The zero-order valence-electron chi connectivity index (χ0n) is 18.2. The molecule has 7 nitrogen and oxygen atoms in total. The van der Waals surface area contributed by atoms with Crippen molar-refractivity contribution in [2.24, 2.45) is 0 Å². The standard InChI is InChI=1S/C24H22F3N3O4/c1-33-18-5-7-21-15(11-18)3-2-9-30(21)22(31)13-28-20-6-4-17(12-19(20)24(25,26)27)29-23(32)16-8-10-34-14-16/h4-8,10-12,14,28H,2-3,9,13H2,1H3,(H,29,32). The molecule has 2 amide bonds. The minimum absolute atomic E-state index is 0.0330. The van der Waals surface area contributed by atoms with Gasteiger partial charge in [0.15, 0.2) is 0 Å². The van der Waals surface area contributed by atoms with Gasteiger partial charge < -0.3 is 24.7 Å². The predicted molar refractivity (Wildman–Crippen MR) is 120 cm³/mol. The molecule has 178 valence electrons. The van der Waals surface area contributed by atoms with Gasteiger partial charge in [-0.1, -0.05) is 0 Å². The molecule has 34 heavy (non-hydrogen) atoms. The second-order valence-electron chi connectivity index (χ2n) is 7.72. The molecule has 0 saturated carbocycles. The monoisotopic (exact) mass is 473 g/mol. The van der Waals surface area contributed by atoms with Crippen LogP contribution in [0.5, 0.6) is 5.75 Å². The van der Waals surface area contributed by atoms with E-state index in [1.165, 1.54) is 30.7 Å². The van der Waals surface area contributed by atoms with E-state index < -0.39 is 17.6 Å². The average Bonchev–Trinajstić information content (AvgIpc) is 3.37. The molecule has 0 spiro atoms. The highest BCUT2D eigenvalue weighted by Crippen LogP contribution is 2.37. The van der Waals surface area contributed by atoms with E-state index in [2.05, 4.69) is 10.6 Å². The molecule has 10 heteroatoms. The Bertz CT molecular complexity index is 1190. The molecule has 0 atom stereocenters. The van der Waals surface area contributed by atoms with Crippen LogP contribution in [0.25, 0.3) is 0 Å². The van der Waals surface area contributed by atoms with Crippen LogP contribution in [-0.4, -0.2) is 32.0 Å². The largest absolute Gasteiger partial charge is 0.497 e. The van der Waals surface area contributed by atoms with Crippen molar-refractivity contribution < 1.29 is 31.9 Å². The van der Waals surface area contributed by atoms with Crippen LogP contribution in [0.4, 0.5) is 30.2 Å². The number of carbonyl (C=O) groups excluding carboxylic acids is 2. The van der Waals surface area contributed by atoms with Crippen molar-refractivity contribution >= 4 is 28.9 Å². The zero-order valence-corrected chi connectivity index (χ0v) is 18.2. The number of furan rings is 1. The van der Waals surface area contributed by atoms with Gasteiger partial charge in [-0.25, -0.2) is 0 Å². The average molecular weight is 473 g/mol. The first-order valence-electron chi connectivity index (χ1n) is 10.5. The minimum atomic E-state index is -4.70. The molecule has 1 aliphatic rings. The Morgan fingerprint density at radius 1 is 1.15 bits per heavy atom. The lowest BCUT2D eigenvalue weighted by molar-refractivity contribution is -0.137. The van der Waals surface area contributed by atoms with Crippen LogP contribution in [0.15, 0.2) is 59.4 Å². The molecule has 0 radical (unpaired) electrons.